The lowest BCUT2D eigenvalue weighted by Gasteiger charge is -2.36. The molecule has 1 atom stereocenters. The number of hydrogen-bond acceptors (Lipinski definition) is 5. The van der Waals surface area contributed by atoms with Crippen LogP contribution < -0.4 is 15.5 Å². The molecule has 1 fully saturated rings. The maximum atomic E-state index is 13.1. The van der Waals surface area contributed by atoms with Crippen molar-refractivity contribution in [2.75, 3.05) is 37.6 Å². The number of carbonyl (C=O) groups excluding carboxylic acids is 3. The van der Waals surface area contributed by atoms with Crippen LogP contribution in [0.15, 0.2) is 79.0 Å². The summed E-state index contributed by atoms with van der Waals surface area (Å²) in [5.41, 5.74) is 1.27. The Morgan fingerprint density at radius 1 is 0.952 bits per heavy atom. The molecule has 3 aromatic rings. The Morgan fingerprint density at radius 2 is 1.64 bits per heavy atom. The first kappa shape index (κ1) is 30.6. The van der Waals surface area contributed by atoms with Crippen LogP contribution in [0, 0.1) is 0 Å². The van der Waals surface area contributed by atoms with Crippen molar-refractivity contribution in [3.05, 3.63) is 101 Å². The van der Waals surface area contributed by atoms with Crippen LogP contribution in [-0.2, 0) is 27.0 Å². The van der Waals surface area contributed by atoms with Gasteiger partial charge < -0.3 is 20.4 Å². The molecule has 1 aromatic heterocycles. The summed E-state index contributed by atoms with van der Waals surface area (Å²) in [6, 6.07) is 16.1. The minimum Gasteiger partial charge on any atom is -0.368 e. The fraction of sp³-hybridized carbons (Fsp3) is 0.267. The second-order valence-corrected chi connectivity index (χ2v) is 10.0. The van der Waals surface area contributed by atoms with E-state index in [4.69, 9.17) is 11.6 Å². The number of carbonyl (C=O) groups is 3. The lowest BCUT2D eigenvalue weighted by Crippen LogP contribution is -2.53. The highest BCUT2D eigenvalue weighted by molar-refractivity contribution is 6.30. The lowest BCUT2D eigenvalue weighted by molar-refractivity contribution is -0.137. The number of benzene rings is 2. The smallest absolute Gasteiger partial charge is 0.368 e. The molecular formula is C30H29ClF3N5O3. The van der Waals surface area contributed by atoms with Gasteiger partial charge in [-0.15, -0.1) is 0 Å². The molecule has 42 heavy (non-hydrogen) atoms. The summed E-state index contributed by atoms with van der Waals surface area (Å²) < 4.78 is 38.5. The van der Waals surface area contributed by atoms with Crippen LogP contribution in [0.1, 0.15) is 16.8 Å². The normalized spacial score (nSPS) is 14.5. The summed E-state index contributed by atoms with van der Waals surface area (Å²) >= 11 is 5.89. The number of aromatic nitrogens is 1. The van der Waals surface area contributed by atoms with Gasteiger partial charge in [-0.3, -0.25) is 19.4 Å². The molecular weight excluding hydrogens is 571 g/mol. The molecule has 0 aliphatic carbocycles. The van der Waals surface area contributed by atoms with E-state index in [0.717, 1.165) is 17.7 Å². The predicted molar refractivity (Wildman–Crippen MR) is 154 cm³/mol. The SMILES string of the molecule is O=C(/C=C/c1ccc(Cl)cc1)N[C@@H](Cc1ccccn1)C(=O)NCC(=O)N1CCN(c2ccc(C(F)(F)F)cc2)CC1. The number of nitrogens with zero attached hydrogens (tertiary/aromatic N) is 3. The molecule has 2 heterocycles. The fourth-order valence-corrected chi connectivity index (χ4v) is 4.50. The molecule has 1 aliphatic heterocycles. The van der Waals surface area contributed by atoms with Gasteiger partial charge in [-0.25, -0.2) is 0 Å². The van der Waals surface area contributed by atoms with Gasteiger partial charge in [0.05, 0.1) is 12.1 Å². The summed E-state index contributed by atoms with van der Waals surface area (Å²) in [4.78, 5) is 46.2. The number of pyridine rings is 1. The molecule has 0 spiro atoms. The molecule has 0 radical (unpaired) electrons. The monoisotopic (exact) mass is 599 g/mol. The van der Waals surface area contributed by atoms with E-state index in [9.17, 15) is 27.6 Å². The molecule has 12 heteroatoms. The zero-order chi connectivity index (χ0) is 30.1. The predicted octanol–water partition coefficient (Wildman–Crippen LogP) is 3.96. The van der Waals surface area contributed by atoms with Crippen molar-refractivity contribution in [2.24, 2.45) is 0 Å². The second-order valence-electron chi connectivity index (χ2n) is 9.60. The lowest BCUT2D eigenvalue weighted by atomic mass is 10.1. The Labute approximate surface area is 246 Å². The van der Waals surface area contributed by atoms with Gasteiger partial charge in [-0.05, 0) is 60.2 Å². The van der Waals surface area contributed by atoms with Crippen molar-refractivity contribution in [2.45, 2.75) is 18.6 Å². The molecule has 2 N–H and O–H groups in total. The van der Waals surface area contributed by atoms with Crippen LogP contribution in [-0.4, -0.2) is 66.4 Å². The zero-order valence-corrected chi connectivity index (χ0v) is 23.2. The molecule has 0 unspecified atom stereocenters. The molecule has 8 nitrogen and oxygen atoms in total. The van der Waals surface area contributed by atoms with Crippen molar-refractivity contribution >= 4 is 41.1 Å². The maximum absolute atomic E-state index is 13.1. The van der Waals surface area contributed by atoms with Crippen LogP contribution in [0.4, 0.5) is 18.9 Å². The number of nitrogens with one attached hydrogen (secondary N) is 2. The Kier molecular flexibility index (Phi) is 10.2. The number of rotatable bonds is 9. The molecule has 1 aliphatic rings. The molecule has 0 saturated carbocycles. The summed E-state index contributed by atoms with van der Waals surface area (Å²) in [7, 11) is 0. The van der Waals surface area contributed by atoms with Gasteiger partial charge in [0.2, 0.25) is 17.7 Å². The first-order valence-electron chi connectivity index (χ1n) is 13.2. The van der Waals surface area contributed by atoms with Crippen molar-refractivity contribution in [3.63, 3.8) is 0 Å². The standard InChI is InChI=1S/C30H29ClF3N5O3/c31-23-9-4-21(5-10-23)6-13-27(40)37-26(19-24-3-1-2-14-35-24)29(42)36-20-28(41)39-17-15-38(16-18-39)25-11-7-22(8-12-25)30(32,33)34/h1-14,26H,15-20H2,(H,36,42)(H,37,40)/b13-6+/t26-/m0/s1. The largest absolute Gasteiger partial charge is 0.416 e. The summed E-state index contributed by atoms with van der Waals surface area (Å²) in [6.45, 7) is 1.29. The van der Waals surface area contributed by atoms with Gasteiger partial charge in [0.25, 0.3) is 0 Å². The van der Waals surface area contributed by atoms with E-state index in [1.807, 2.05) is 4.90 Å². The van der Waals surface area contributed by atoms with Crippen LogP contribution >= 0.6 is 11.6 Å². The average Bonchev–Trinajstić information content (AvgIpc) is 2.99. The molecule has 4 rings (SSSR count). The van der Waals surface area contributed by atoms with Crippen molar-refractivity contribution in [1.29, 1.82) is 0 Å². The van der Waals surface area contributed by atoms with E-state index >= 15 is 0 Å². The van der Waals surface area contributed by atoms with Crippen LogP contribution in [0.5, 0.6) is 0 Å². The number of alkyl halides is 3. The first-order valence-corrected chi connectivity index (χ1v) is 13.6. The van der Waals surface area contributed by atoms with E-state index < -0.39 is 29.6 Å². The average molecular weight is 600 g/mol. The van der Waals surface area contributed by atoms with E-state index in [1.165, 1.54) is 18.2 Å². The Morgan fingerprint density at radius 3 is 2.26 bits per heavy atom. The summed E-state index contributed by atoms with van der Waals surface area (Å²) in [5, 5.41) is 5.87. The fourth-order valence-electron chi connectivity index (χ4n) is 4.38. The van der Waals surface area contributed by atoms with Crippen molar-refractivity contribution < 1.29 is 27.6 Å². The summed E-state index contributed by atoms with van der Waals surface area (Å²) in [5.74, 6) is -1.33. The maximum Gasteiger partial charge on any atom is 0.416 e. The number of halogens is 4. The number of anilines is 1. The van der Waals surface area contributed by atoms with Gasteiger partial charge in [0.15, 0.2) is 0 Å². The number of hydrogen-bond donors (Lipinski definition) is 2. The topological polar surface area (TPSA) is 94.6 Å². The highest BCUT2D eigenvalue weighted by Gasteiger charge is 2.30. The van der Waals surface area contributed by atoms with Crippen LogP contribution in [0.2, 0.25) is 5.02 Å². The highest BCUT2D eigenvalue weighted by atomic mass is 35.5. The van der Waals surface area contributed by atoms with Crippen LogP contribution in [0.3, 0.4) is 0 Å². The van der Waals surface area contributed by atoms with Gasteiger partial charge in [0.1, 0.15) is 6.04 Å². The third kappa shape index (κ3) is 8.81. The molecule has 2 aromatic carbocycles. The van der Waals surface area contributed by atoms with E-state index in [-0.39, 0.29) is 18.9 Å². The minimum absolute atomic E-state index is 0.118. The van der Waals surface area contributed by atoms with Gasteiger partial charge in [0, 0.05) is 61.3 Å². The zero-order valence-electron chi connectivity index (χ0n) is 22.5. The molecule has 1 saturated heterocycles. The van der Waals surface area contributed by atoms with Crippen LogP contribution in [0.25, 0.3) is 6.08 Å². The van der Waals surface area contributed by atoms with Crippen molar-refractivity contribution in [3.8, 4) is 0 Å². The van der Waals surface area contributed by atoms with Gasteiger partial charge in [-0.2, -0.15) is 13.2 Å². The van der Waals surface area contributed by atoms with Gasteiger partial charge >= 0.3 is 6.18 Å². The Balaban J connectivity index is 1.30. The van der Waals surface area contributed by atoms with Crippen molar-refractivity contribution in [1.82, 2.24) is 20.5 Å². The Bertz CT molecular complexity index is 1390. The first-order chi connectivity index (χ1) is 20.1. The minimum atomic E-state index is -4.40. The Hall–Kier alpha value is -4.38. The number of piperazine rings is 1. The van der Waals surface area contributed by atoms with Gasteiger partial charge in [-0.1, -0.05) is 29.8 Å². The molecule has 220 valence electrons. The third-order valence-electron chi connectivity index (χ3n) is 6.68. The van der Waals surface area contributed by atoms with E-state index in [0.29, 0.717) is 42.6 Å². The third-order valence-corrected chi connectivity index (χ3v) is 6.93. The van der Waals surface area contributed by atoms with E-state index in [1.54, 1.807) is 59.6 Å². The highest BCUT2D eigenvalue weighted by Crippen LogP contribution is 2.30. The second kappa shape index (κ2) is 14.0. The number of amides is 3. The quantitative estimate of drug-likeness (QED) is 0.363. The molecule has 3 amide bonds. The van der Waals surface area contributed by atoms with E-state index in [2.05, 4.69) is 15.6 Å². The molecule has 0 bridgehead atoms. The summed E-state index contributed by atoms with van der Waals surface area (Å²) in [6.07, 6.45) is 0.202.